The molecule has 0 spiro atoms. The minimum absolute atomic E-state index is 0.122. The molecule has 1 saturated heterocycles. The number of aromatic nitrogens is 3. The minimum atomic E-state index is -0.274. The molecule has 3 heterocycles. The van der Waals surface area contributed by atoms with Gasteiger partial charge in [-0.3, -0.25) is 4.79 Å². The molecule has 1 aliphatic heterocycles. The van der Waals surface area contributed by atoms with E-state index in [1.54, 1.807) is 30.2 Å². The normalized spacial score (nSPS) is 18.2. The second kappa shape index (κ2) is 6.07. The minimum Gasteiger partial charge on any atom is -0.384 e. The Bertz CT molecular complexity index is 691. The predicted octanol–water partition coefficient (Wildman–Crippen LogP) is 0.976. The molecule has 0 saturated carbocycles. The van der Waals surface area contributed by atoms with Gasteiger partial charge in [-0.1, -0.05) is 6.07 Å². The highest BCUT2D eigenvalue weighted by Crippen LogP contribution is 2.22. The molecular weight excluding hydrogens is 282 g/mol. The molecule has 1 fully saturated rings. The smallest absolute Gasteiger partial charge is 0.272 e. The van der Waals surface area contributed by atoms with Crippen LogP contribution >= 0.6 is 0 Å². The van der Waals surface area contributed by atoms with Crippen molar-refractivity contribution in [3.8, 4) is 0 Å². The molecule has 1 aliphatic rings. The van der Waals surface area contributed by atoms with Gasteiger partial charge < -0.3 is 15.4 Å². The Morgan fingerprint density at radius 3 is 3.00 bits per heavy atom. The SMILES string of the molecule is Cc1nccc(C(=O)N2CCOC(c3cccc(N)n3)C2)n1. The number of nitrogens with two attached hydrogens (primary N) is 1. The molecule has 7 heteroatoms. The number of anilines is 1. The Morgan fingerprint density at radius 2 is 2.23 bits per heavy atom. The summed E-state index contributed by atoms with van der Waals surface area (Å²) in [5.74, 6) is 0.895. The summed E-state index contributed by atoms with van der Waals surface area (Å²) in [6.07, 6.45) is 1.32. The lowest BCUT2D eigenvalue weighted by Gasteiger charge is -2.32. The fourth-order valence-corrected chi connectivity index (χ4v) is 2.40. The van der Waals surface area contributed by atoms with E-state index < -0.39 is 0 Å². The summed E-state index contributed by atoms with van der Waals surface area (Å²) in [5.41, 5.74) is 6.83. The monoisotopic (exact) mass is 299 g/mol. The third kappa shape index (κ3) is 3.04. The van der Waals surface area contributed by atoms with Crippen molar-refractivity contribution in [2.45, 2.75) is 13.0 Å². The number of ether oxygens (including phenoxy) is 1. The summed E-state index contributed by atoms with van der Waals surface area (Å²) in [7, 11) is 0. The first kappa shape index (κ1) is 14.4. The Morgan fingerprint density at radius 1 is 1.36 bits per heavy atom. The van der Waals surface area contributed by atoms with Gasteiger partial charge in [0.05, 0.1) is 18.8 Å². The lowest BCUT2D eigenvalue weighted by Crippen LogP contribution is -2.42. The molecule has 1 unspecified atom stereocenters. The summed E-state index contributed by atoms with van der Waals surface area (Å²) in [5, 5.41) is 0. The zero-order valence-electron chi connectivity index (χ0n) is 12.3. The Hall–Kier alpha value is -2.54. The number of nitrogens with zero attached hydrogens (tertiary/aromatic N) is 4. The number of pyridine rings is 1. The Kier molecular flexibility index (Phi) is 3.97. The lowest BCUT2D eigenvalue weighted by molar-refractivity contribution is -0.0248. The molecule has 0 aliphatic carbocycles. The van der Waals surface area contributed by atoms with Gasteiger partial charge in [0.15, 0.2) is 0 Å². The summed E-state index contributed by atoms with van der Waals surface area (Å²) < 4.78 is 5.71. The van der Waals surface area contributed by atoms with Crippen LogP contribution in [-0.2, 0) is 4.74 Å². The summed E-state index contributed by atoms with van der Waals surface area (Å²) in [4.78, 5) is 26.7. The van der Waals surface area contributed by atoms with E-state index >= 15 is 0 Å². The topological polar surface area (TPSA) is 94.2 Å². The van der Waals surface area contributed by atoms with Crippen molar-refractivity contribution in [2.75, 3.05) is 25.4 Å². The summed E-state index contributed by atoms with van der Waals surface area (Å²) in [6.45, 7) is 3.17. The quantitative estimate of drug-likeness (QED) is 0.888. The van der Waals surface area contributed by atoms with Crippen molar-refractivity contribution in [3.63, 3.8) is 0 Å². The molecule has 3 rings (SSSR count). The van der Waals surface area contributed by atoms with Crippen LogP contribution in [0.4, 0.5) is 5.82 Å². The maximum Gasteiger partial charge on any atom is 0.272 e. The number of amides is 1. The van der Waals surface area contributed by atoms with Gasteiger partial charge in [-0.2, -0.15) is 0 Å². The second-order valence-electron chi connectivity index (χ2n) is 5.09. The Balaban J connectivity index is 1.77. The number of morpholine rings is 1. The highest BCUT2D eigenvalue weighted by molar-refractivity contribution is 5.92. The molecule has 2 aromatic rings. The number of rotatable bonds is 2. The summed E-state index contributed by atoms with van der Waals surface area (Å²) in [6, 6.07) is 7.02. The third-order valence-electron chi connectivity index (χ3n) is 3.47. The molecule has 2 aromatic heterocycles. The van der Waals surface area contributed by atoms with Crippen LogP contribution in [0.3, 0.4) is 0 Å². The first-order valence-electron chi connectivity index (χ1n) is 7.06. The van der Waals surface area contributed by atoms with Gasteiger partial charge in [0.25, 0.3) is 5.91 Å². The molecule has 1 amide bonds. The molecule has 0 radical (unpaired) electrons. The maximum absolute atomic E-state index is 12.5. The van der Waals surface area contributed by atoms with Crippen molar-refractivity contribution < 1.29 is 9.53 Å². The largest absolute Gasteiger partial charge is 0.384 e. The summed E-state index contributed by atoms with van der Waals surface area (Å²) >= 11 is 0. The second-order valence-corrected chi connectivity index (χ2v) is 5.09. The number of aryl methyl sites for hydroxylation is 1. The molecule has 7 nitrogen and oxygen atoms in total. The van der Waals surface area contributed by atoms with Crippen molar-refractivity contribution in [2.24, 2.45) is 0 Å². The van der Waals surface area contributed by atoms with E-state index in [2.05, 4.69) is 15.0 Å². The molecule has 22 heavy (non-hydrogen) atoms. The first-order chi connectivity index (χ1) is 10.6. The predicted molar refractivity (Wildman–Crippen MR) is 80.0 cm³/mol. The van der Waals surface area contributed by atoms with Crippen molar-refractivity contribution >= 4 is 11.7 Å². The molecule has 0 bridgehead atoms. The van der Waals surface area contributed by atoms with E-state index in [-0.39, 0.29) is 12.0 Å². The van der Waals surface area contributed by atoms with Crippen LogP contribution < -0.4 is 5.73 Å². The van der Waals surface area contributed by atoms with E-state index in [0.29, 0.717) is 37.0 Å². The number of hydrogen-bond acceptors (Lipinski definition) is 6. The lowest BCUT2D eigenvalue weighted by atomic mass is 10.1. The van der Waals surface area contributed by atoms with E-state index in [9.17, 15) is 4.79 Å². The Labute approximate surface area is 128 Å². The number of carbonyl (C=O) groups is 1. The van der Waals surface area contributed by atoms with Gasteiger partial charge in [0.2, 0.25) is 0 Å². The average molecular weight is 299 g/mol. The maximum atomic E-state index is 12.5. The van der Waals surface area contributed by atoms with E-state index in [4.69, 9.17) is 10.5 Å². The van der Waals surface area contributed by atoms with Crippen LogP contribution in [0.2, 0.25) is 0 Å². The number of nitrogen functional groups attached to an aromatic ring is 1. The third-order valence-corrected chi connectivity index (χ3v) is 3.47. The van der Waals surface area contributed by atoms with Crippen LogP contribution in [0.5, 0.6) is 0 Å². The molecular formula is C15H17N5O2. The van der Waals surface area contributed by atoms with Crippen LogP contribution in [0.15, 0.2) is 30.5 Å². The van der Waals surface area contributed by atoms with Crippen LogP contribution in [0.1, 0.15) is 28.1 Å². The molecule has 1 atom stereocenters. The van der Waals surface area contributed by atoms with E-state index in [1.807, 2.05) is 12.1 Å². The van der Waals surface area contributed by atoms with Gasteiger partial charge in [-0.25, -0.2) is 15.0 Å². The van der Waals surface area contributed by atoms with E-state index in [1.165, 1.54) is 0 Å². The highest BCUT2D eigenvalue weighted by atomic mass is 16.5. The van der Waals surface area contributed by atoms with Crippen LogP contribution in [0.25, 0.3) is 0 Å². The van der Waals surface area contributed by atoms with Gasteiger partial charge in [0, 0.05) is 12.7 Å². The van der Waals surface area contributed by atoms with Crippen molar-refractivity contribution in [1.29, 1.82) is 0 Å². The van der Waals surface area contributed by atoms with Gasteiger partial charge >= 0.3 is 0 Å². The average Bonchev–Trinajstić information content (AvgIpc) is 2.54. The number of carbonyl (C=O) groups excluding carboxylic acids is 1. The fraction of sp³-hybridized carbons (Fsp3) is 0.333. The van der Waals surface area contributed by atoms with Crippen LogP contribution in [0, 0.1) is 6.92 Å². The van der Waals surface area contributed by atoms with Gasteiger partial charge in [-0.05, 0) is 25.1 Å². The van der Waals surface area contributed by atoms with Gasteiger partial charge in [-0.15, -0.1) is 0 Å². The zero-order valence-corrected chi connectivity index (χ0v) is 12.3. The van der Waals surface area contributed by atoms with Crippen molar-refractivity contribution in [1.82, 2.24) is 19.9 Å². The highest BCUT2D eigenvalue weighted by Gasteiger charge is 2.27. The standard InChI is InChI=1S/C15H17N5O2/c1-10-17-6-5-12(18-10)15(21)20-7-8-22-13(9-20)11-3-2-4-14(16)19-11/h2-6,13H,7-9H2,1H3,(H2,16,19). The first-order valence-corrected chi connectivity index (χ1v) is 7.06. The van der Waals surface area contributed by atoms with Crippen molar-refractivity contribution in [3.05, 3.63) is 47.7 Å². The molecule has 114 valence electrons. The zero-order chi connectivity index (χ0) is 15.5. The van der Waals surface area contributed by atoms with E-state index in [0.717, 1.165) is 5.69 Å². The van der Waals surface area contributed by atoms with Crippen LogP contribution in [-0.4, -0.2) is 45.5 Å². The molecule has 2 N–H and O–H groups in total. The fourth-order valence-electron chi connectivity index (χ4n) is 2.40. The number of hydrogen-bond donors (Lipinski definition) is 1. The molecule has 0 aromatic carbocycles. The van der Waals surface area contributed by atoms with Gasteiger partial charge in [0.1, 0.15) is 23.4 Å².